The van der Waals surface area contributed by atoms with Crippen molar-refractivity contribution in [3.05, 3.63) is 64.8 Å². The first-order valence-electron chi connectivity index (χ1n) is 7.05. The van der Waals surface area contributed by atoms with Gasteiger partial charge in [-0.25, -0.2) is 9.37 Å². The van der Waals surface area contributed by atoms with Gasteiger partial charge in [-0.2, -0.15) is 0 Å². The molecule has 0 spiro atoms. The molecule has 0 aliphatic heterocycles. The van der Waals surface area contributed by atoms with Crippen LogP contribution in [0.1, 0.15) is 15.2 Å². The van der Waals surface area contributed by atoms with Crippen molar-refractivity contribution < 1.29 is 13.9 Å². The maximum atomic E-state index is 13.2. The van der Waals surface area contributed by atoms with Gasteiger partial charge < -0.3 is 15.8 Å². The first-order chi connectivity index (χ1) is 11.6. The van der Waals surface area contributed by atoms with Crippen LogP contribution in [0.2, 0.25) is 0 Å². The number of anilines is 3. The molecule has 1 aromatic heterocycles. The fraction of sp³-hybridized carbons (Fsp3) is 0.0588. The number of thiazole rings is 1. The molecule has 5 nitrogen and oxygen atoms in total. The zero-order valence-electron chi connectivity index (χ0n) is 12.7. The number of ether oxygens (including phenoxy) is 1. The SMILES string of the molecule is COc1ccccc1C(=O)c1sc(Nc2cccc(F)c2)nc1N. The number of hydrogen-bond acceptors (Lipinski definition) is 6. The maximum absolute atomic E-state index is 13.2. The minimum Gasteiger partial charge on any atom is -0.496 e. The molecule has 0 saturated heterocycles. The molecule has 2 aromatic carbocycles. The zero-order valence-corrected chi connectivity index (χ0v) is 13.6. The highest BCUT2D eigenvalue weighted by molar-refractivity contribution is 7.18. The Bertz CT molecular complexity index is 895. The summed E-state index contributed by atoms with van der Waals surface area (Å²) in [4.78, 5) is 17.1. The maximum Gasteiger partial charge on any atom is 0.210 e. The third-order valence-electron chi connectivity index (χ3n) is 3.29. The van der Waals surface area contributed by atoms with Gasteiger partial charge in [-0.15, -0.1) is 0 Å². The predicted octanol–water partition coefficient (Wildman–Crippen LogP) is 3.85. The Labute approximate surface area is 141 Å². The van der Waals surface area contributed by atoms with Crippen LogP contribution in [0.4, 0.5) is 21.0 Å². The molecule has 0 aliphatic carbocycles. The van der Waals surface area contributed by atoms with Crippen LogP contribution in [0.25, 0.3) is 0 Å². The number of ketones is 1. The summed E-state index contributed by atoms with van der Waals surface area (Å²) in [6, 6.07) is 12.9. The monoisotopic (exact) mass is 343 g/mol. The molecule has 0 unspecified atom stereocenters. The number of hydrogen-bond donors (Lipinski definition) is 2. The first kappa shape index (κ1) is 15.9. The standard InChI is InChI=1S/C17H14FN3O2S/c1-23-13-8-3-2-7-12(13)14(22)15-16(19)21-17(24-15)20-11-6-4-5-10(18)9-11/h2-9H,19H2,1H3,(H,20,21). The number of halogens is 1. The Morgan fingerprint density at radius 3 is 2.79 bits per heavy atom. The third-order valence-corrected chi connectivity index (χ3v) is 4.27. The van der Waals surface area contributed by atoms with E-state index in [0.29, 0.717) is 27.0 Å². The largest absolute Gasteiger partial charge is 0.496 e. The van der Waals surface area contributed by atoms with E-state index in [4.69, 9.17) is 10.5 Å². The van der Waals surface area contributed by atoms with E-state index >= 15 is 0 Å². The van der Waals surface area contributed by atoms with Crippen LogP contribution in [-0.4, -0.2) is 17.9 Å². The number of nitrogens with zero attached hydrogens (tertiary/aromatic N) is 1. The number of aromatic nitrogens is 1. The number of para-hydroxylation sites is 1. The van der Waals surface area contributed by atoms with Crippen molar-refractivity contribution in [2.45, 2.75) is 0 Å². The van der Waals surface area contributed by atoms with Crippen molar-refractivity contribution >= 4 is 33.8 Å². The number of benzene rings is 2. The van der Waals surface area contributed by atoms with Crippen molar-refractivity contribution in [3.8, 4) is 5.75 Å². The Morgan fingerprint density at radius 1 is 1.25 bits per heavy atom. The lowest BCUT2D eigenvalue weighted by molar-refractivity contribution is 0.104. The topological polar surface area (TPSA) is 77.2 Å². The van der Waals surface area contributed by atoms with Gasteiger partial charge in [0.05, 0.1) is 12.7 Å². The summed E-state index contributed by atoms with van der Waals surface area (Å²) in [6.45, 7) is 0. The van der Waals surface area contributed by atoms with Gasteiger partial charge in [-0.1, -0.05) is 29.5 Å². The van der Waals surface area contributed by atoms with Gasteiger partial charge in [-0.05, 0) is 30.3 Å². The van der Waals surface area contributed by atoms with E-state index in [-0.39, 0.29) is 17.4 Å². The van der Waals surface area contributed by atoms with Crippen molar-refractivity contribution in [3.63, 3.8) is 0 Å². The van der Waals surface area contributed by atoms with Crippen LogP contribution >= 0.6 is 11.3 Å². The second-order valence-electron chi connectivity index (χ2n) is 4.90. The number of nitrogens with two attached hydrogens (primary N) is 1. The van der Waals surface area contributed by atoms with Gasteiger partial charge in [0.15, 0.2) is 5.13 Å². The number of nitrogen functional groups attached to an aromatic ring is 1. The fourth-order valence-corrected chi connectivity index (χ4v) is 3.05. The van der Waals surface area contributed by atoms with E-state index in [1.165, 1.54) is 19.2 Å². The van der Waals surface area contributed by atoms with Crippen molar-refractivity contribution in [1.82, 2.24) is 4.98 Å². The van der Waals surface area contributed by atoms with E-state index in [0.717, 1.165) is 11.3 Å². The van der Waals surface area contributed by atoms with Crippen molar-refractivity contribution in [2.75, 3.05) is 18.2 Å². The van der Waals surface area contributed by atoms with Crippen LogP contribution in [0.3, 0.4) is 0 Å². The Balaban J connectivity index is 1.90. The van der Waals surface area contributed by atoms with E-state index in [2.05, 4.69) is 10.3 Å². The Hall–Kier alpha value is -2.93. The van der Waals surface area contributed by atoms with Gasteiger partial charge in [0, 0.05) is 5.69 Å². The summed E-state index contributed by atoms with van der Waals surface area (Å²) in [6.07, 6.45) is 0. The minimum atomic E-state index is -0.366. The summed E-state index contributed by atoms with van der Waals surface area (Å²) in [5.74, 6) is -0.0469. The van der Waals surface area contributed by atoms with Gasteiger partial charge in [0.2, 0.25) is 5.78 Å². The summed E-state index contributed by atoms with van der Waals surface area (Å²) < 4.78 is 18.4. The minimum absolute atomic E-state index is 0.120. The molecule has 0 fully saturated rings. The molecule has 3 aromatic rings. The summed E-state index contributed by atoms with van der Waals surface area (Å²) in [5.41, 5.74) is 6.82. The second-order valence-corrected chi connectivity index (χ2v) is 5.90. The second kappa shape index (κ2) is 6.67. The van der Waals surface area contributed by atoms with Crippen LogP contribution in [0, 0.1) is 5.82 Å². The smallest absolute Gasteiger partial charge is 0.210 e. The van der Waals surface area contributed by atoms with Crippen LogP contribution in [-0.2, 0) is 0 Å². The van der Waals surface area contributed by atoms with Crippen LogP contribution in [0.5, 0.6) is 5.75 Å². The average Bonchev–Trinajstić information content (AvgIpc) is 2.94. The summed E-state index contributed by atoms with van der Waals surface area (Å²) in [7, 11) is 1.50. The fourth-order valence-electron chi connectivity index (χ4n) is 2.19. The van der Waals surface area contributed by atoms with Gasteiger partial charge in [-0.3, -0.25) is 4.79 Å². The van der Waals surface area contributed by atoms with E-state index in [9.17, 15) is 9.18 Å². The van der Waals surface area contributed by atoms with E-state index in [1.54, 1.807) is 36.4 Å². The van der Waals surface area contributed by atoms with Crippen LogP contribution in [0.15, 0.2) is 48.5 Å². The number of carbonyl (C=O) groups excluding carboxylic acids is 1. The lowest BCUT2D eigenvalue weighted by Crippen LogP contribution is -2.04. The normalized spacial score (nSPS) is 10.4. The molecular weight excluding hydrogens is 329 g/mol. The van der Waals surface area contributed by atoms with E-state index in [1.807, 2.05) is 0 Å². The van der Waals surface area contributed by atoms with E-state index < -0.39 is 0 Å². The lowest BCUT2D eigenvalue weighted by atomic mass is 10.1. The molecule has 0 saturated carbocycles. The molecule has 3 rings (SSSR count). The first-order valence-corrected chi connectivity index (χ1v) is 7.86. The number of nitrogens with one attached hydrogen (secondary N) is 1. The average molecular weight is 343 g/mol. The third kappa shape index (κ3) is 3.21. The predicted molar refractivity (Wildman–Crippen MR) is 92.6 cm³/mol. The lowest BCUT2D eigenvalue weighted by Gasteiger charge is -2.05. The van der Waals surface area contributed by atoms with Gasteiger partial charge in [0.1, 0.15) is 22.3 Å². The quantitative estimate of drug-likeness (QED) is 0.688. The van der Waals surface area contributed by atoms with Gasteiger partial charge >= 0.3 is 0 Å². The number of carbonyl (C=O) groups is 1. The number of rotatable bonds is 5. The Kier molecular flexibility index (Phi) is 4.43. The molecule has 122 valence electrons. The molecule has 24 heavy (non-hydrogen) atoms. The highest BCUT2D eigenvalue weighted by Gasteiger charge is 2.21. The van der Waals surface area contributed by atoms with Crippen molar-refractivity contribution in [1.29, 1.82) is 0 Å². The molecule has 0 amide bonds. The molecule has 7 heteroatoms. The summed E-state index contributed by atoms with van der Waals surface area (Å²) in [5, 5.41) is 3.36. The molecule has 0 aliphatic rings. The van der Waals surface area contributed by atoms with Crippen molar-refractivity contribution in [2.24, 2.45) is 0 Å². The summed E-state index contributed by atoms with van der Waals surface area (Å²) >= 11 is 1.11. The molecule has 1 heterocycles. The van der Waals surface area contributed by atoms with Crippen LogP contribution < -0.4 is 15.8 Å². The highest BCUT2D eigenvalue weighted by atomic mass is 32.1. The molecule has 0 radical (unpaired) electrons. The molecule has 0 atom stereocenters. The molecule has 3 N–H and O–H groups in total. The highest BCUT2D eigenvalue weighted by Crippen LogP contribution is 2.31. The van der Waals surface area contributed by atoms with Gasteiger partial charge in [0.25, 0.3) is 0 Å². The zero-order chi connectivity index (χ0) is 17.1. The molecular formula is C17H14FN3O2S. The Morgan fingerprint density at radius 2 is 2.04 bits per heavy atom. The molecule has 0 bridgehead atoms. The number of methoxy groups -OCH3 is 1.